The van der Waals surface area contributed by atoms with Crippen LogP contribution in [0.1, 0.15) is 32.6 Å². The molecule has 0 unspecified atom stereocenters. The first-order valence-electron chi connectivity index (χ1n) is 8.52. The molecule has 1 aromatic rings. The molecular formula is C17H28N4O2. The number of nitrogens with zero attached hydrogens (tertiary/aromatic N) is 2. The van der Waals surface area contributed by atoms with Crippen LogP contribution in [0, 0.1) is 5.92 Å². The average Bonchev–Trinajstić information content (AvgIpc) is 2.55. The summed E-state index contributed by atoms with van der Waals surface area (Å²) in [6.45, 7) is 5.88. The monoisotopic (exact) mass is 320 g/mol. The molecule has 2 rings (SSSR count). The number of nitrogens with two attached hydrogens (primary N) is 1. The van der Waals surface area contributed by atoms with Crippen LogP contribution in [0.25, 0.3) is 0 Å². The van der Waals surface area contributed by atoms with Gasteiger partial charge in [0.15, 0.2) is 0 Å². The first kappa shape index (κ1) is 17.5. The summed E-state index contributed by atoms with van der Waals surface area (Å²) in [6, 6.07) is 3.53. The smallest absolute Gasteiger partial charge is 0.250 e. The van der Waals surface area contributed by atoms with Gasteiger partial charge in [0, 0.05) is 51.4 Å². The standard InChI is InChI=1S/C17H28N4O2/c1-14-6-11-20(12-7-14)15-4-5-17(23)21(13-15)10-2-3-16(22)19-9-8-18/h4-5,13-14H,2-3,6-12,18H2,1H3,(H,19,22). The first-order valence-corrected chi connectivity index (χ1v) is 8.52. The number of piperidine rings is 1. The molecule has 128 valence electrons. The van der Waals surface area contributed by atoms with Crippen LogP contribution >= 0.6 is 0 Å². The van der Waals surface area contributed by atoms with Crippen LogP contribution in [0.15, 0.2) is 23.1 Å². The third-order valence-electron chi connectivity index (χ3n) is 4.39. The molecule has 0 aliphatic carbocycles. The Morgan fingerprint density at radius 1 is 1.35 bits per heavy atom. The maximum Gasteiger partial charge on any atom is 0.250 e. The molecule has 3 N–H and O–H groups in total. The van der Waals surface area contributed by atoms with Crippen molar-refractivity contribution in [2.75, 3.05) is 31.1 Å². The van der Waals surface area contributed by atoms with Crippen molar-refractivity contribution < 1.29 is 4.79 Å². The Morgan fingerprint density at radius 2 is 2.09 bits per heavy atom. The summed E-state index contributed by atoms with van der Waals surface area (Å²) in [4.78, 5) is 25.9. The van der Waals surface area contributed by atoms with Crippen LogP contribution in [-0.4, -0.2) is 36.7 Å². The Kier molecular flexibility index (Phi) is 6.65. The van der Waals surface area contributed by atoms with Gasteiger partial charge < -0.3 is 20.5 Å². The van der Waals surface area contributed by atoms with Crippen molar-refractivity contribution in [2.24, 2.45) is 11.7 Å². The summed E-state index contributed by atoms with van der Waals surface area (Å²) in [5, 5.41) is 2.74. The maximum absolute atomic E-state index is 12.0. The lowest BCUT2D eigenvalue weighted by Gasteiger charge is -2.32. The SMILES string of the molecule is CC1CCN(c2ccc(=O)n(CCCC(=O)NCCN)c2)CC1. The van der Waals surface area contributed by atoms with E-state index < -0.39 is 0 Å². The van der Waals surface area contributed by atoms with Gasteiger partial charge in [-0.1, -0.05) is 6.92 Å². The molecule has 2 heterocycles. The second kappa shape index (κ2) is 8.72. The minimum Gasteiger partial charge on any atom is -0.370 e. The van der Waals surface area contributed by atoms with Gasteiger partial charge >= 0.3 is 0 Å². The van der Waals surface area contributed by atoms with E-state index in [1.165, 1.54) is 12.8 Å². The minimum absolute atomic E-state index is 0.00956. The lowest BCUT2D eigenvalue weighted by atomic mass is 9.99. The lowest BCUT2D eigenvalue weighted by molar-refractivity contribution is -0.121. The van der Waals surface area contributed by atoms with E-state index in [-0.39, 0.29) is 11.5 Å². The van der Waals surface area contributed by atoms with Crippen molar-refractivity contribution in [3.8, 4) is 0 Å². The predicted octanol–water partition coefficient (Wildman–Crippen LogP) is 0.940. The largest absolute Gasteiger partial charge is 0.370 e. The molecule has 6 nitrogen and oxygen atoms in total. The molecule has 23 heavy (non-hydrogen) atoms. The molecule has 6 heteroatoms. The van der Waals surface area contributed by atoms with Gasteiger partial charge in [0.2, 0.25) is 5.91 Å². The van der Waals surface area contributed by atoms with Gasteiger partial charge in [0.05, 0.1) is 5.69 Å². The number of hydrogen-bond donors (Lipinski definition) is 2. The number of carbonyl (C=O) groups excluding carboxylic acids is 1. The summed E-state index contributed by atoms with van der Waals surface area (Å²) in [5.74, 6) is 0.772. The van der Waals surface area contributed by atoms with Gasteiger partial charge in [-0.25, -0.2) is 0 Å². The molecule has 0 spiro atoms. The van der Waals surface area contributed by atoms with Crippen molar-refractivity contribution in [1.82, 2.24) is 9.88 Å². The van der Waals surface area contributed by atoms with Crippen molar-refractivity contribution in [1.29, 1.82) is 0 Å². The number of anilines is 1. The Labute approximate surface area is 137 Å². The summed E-state index contributed by atoms with van der Waals surface area (Å²) in [6.07, 6.45) is 5.38. The molecular weight excluding hydrogens is 292 g/mol. The highest BCUT2D eigenvalue weighted by atomic mass is 16.1. The molecule has 0 radical (unpaired) electrons. The van der Waals surface area contributed by atoms with Crippen molar-refractivity contribution >= 4 is 11.6 Å². The molecule has 0 atom stereocenters. The number of amides is 1. The third-order valence-corrected chi connectivity index (χ3v) is 4.39. The molecule has 0 bridgehead atoms. The molecule has 1 fully saturated rings. The molecule has 1 aromatic heterocycles. The zero-order chi connectivity index (χ0) is 16.7. The molecule has 1 aliphatic heterocycles. The quantitative estimate of drug-likeness (QED) is 0.783. The normalized spacial score (nSPS) is 15.7. The van der Waals surface area contributed by atoms with Crippen molar-refractivity contribution in [3.63, 3.8) is 0 Å². The predicted molar refractivity (Wildman–Crippen MR) is 92.6 cm³/mol. The van der Waals surface area contributed by atoms with Gasteiger partial charge in [0.1, 0.15) is 0 Å². The second-order valence-electron chi connectivity index (χ2n) is 6.33. The fourth-order valence-electron chi connectivity index (χ4n) is 2.86. The van der Waals surface area contributed by atoms with Crippen LogP contribution in [0.5, 0.6) is 0 Å². The van der Waals surface area contributed by atoms with Crippen LogP contribution in [0.2, 0.25) is 0 Å². The maximum atomic E-state index is 12.0. The van der Waals surface area contributed by atoms with E-state index in [0.29, 0.717) is 32.5 Å². The highest BCUT2D eigenvalue weighted by molar-refractivity contribution is 5.75. The van der Waals surface area contributed by atoms with Crippen LogP contribution in [0.4, 0.5) is 5.69 Å². The molecule has 1 saturated heterocycles. The zero-order valence-electron chi connectivity index (χ0n) is 14.0. The van der Waals surface area contributed by atoms with Gasteiger partial charge in [0.25, 0.3) is 5.56 Å². The Hall–Kier alpha value is -1.82. The van der Waals surface area contributed by atoms with E-state index in [4.69, 9.17) is 5.73 Å². The number of rotatable bonds is 7. The van der Waals surface area contributed by atoms with E-state index in [9.17, 15) is 9.59 Å². The van der Waals surface area contributed by atoms with E-state index in [0.717, 1.165) is 24.7 Å². The van der Waals surface area contributed by atoms with Crippen molar-refractivity contribution in [2.45, 2.75) is 39.2 Å². The van der Waals surface area contributed by atoms with Crippen LogP contribution < -0.4 is 21.5 Å². The topological polar surface area (TPSA) is 80.4 Å². The highest BCUT2D eigenvalue weighted by Gasteiger charge is 2.16. The average molecular weight is 320 g/mol. The van der Waals surface area contributed by atoms with Crippen LogP contribution in [0.3, 0.4) is 0 Å². The summed E-state index contributed by atoms with van der Waals surface area (Å²) in [7, 11) is 0. The number of hydrogen-bond acceptors (Lipinski definition) is 4. The fraction of sp³-hybridized carbons (Fsp3) is 0.647. The van der Waals surface area contributed by atoms with Gasteiger partial charge in [-0.2, -0.15) is 0 Å². The van der Waals surface area contributed by atoms with E-state index >= 15 is 0 Å². The number of nitrogens with one attached hydrogen (secondary N) is 1. The number of carbonyl (C=O) groups is 1. The van der Waals surface area contributed by atoms with Crippen LogP contribution in [-0.2, 0) is 11.3 Å². The summed E-state index contributed by atoms with van der Waals surface area (Å²) in [5.41, 5.74) is 6.44. The van der Waals surface area contributed by atoms with E-state index in [2.05, 4.69) is 17.1 Å². The Morgan fingerprint density at radius 3 is 2.78 bits per heavy atom. The lowest BCUT2D eigenvalue weighted by Crippen LogP contribution is -2.34. The summed E-state index contributed by atoms with van der Waals surface area (Å²) >= 11 is 0. The Balaban J connectivity index is 1.90. The van der Waals surface area contributed by atoms with Gasteiger partial charge in [-0.3, -0.25) is 9.59 Å². The molecule has 1 amide bonds. The third kappa shape index (κ3) is 5.39. The number of aryl methyl sites for hydroxylation is 1. The minimum atomic E-state index is -0.0125. The first-order chi connectivity index (χ1) is 11.1. The second-order valence-corrected chi connectivity index (χ2v) is 6.33. The van der Waals surface area contributed by atoms with Gasteiger partial charge in [-0.15, -0.1) is 0 Å². The molecule has 0 saturated carbocycles. The van der Waals surface area contributed by atoms with E-state index in [1.54, 1.807) is 10.6 Å². The number of aromatic nitrogens is 1. The highest BCUT2D eigenvalue weighted by Crippen LogP contribution is 2.21. The summed E-state index contributed by atoms with van der Waals surface area (Å²) < 4.78 is 1.71. The zero-order valence-corrected chi connectivity index (χ0v) is 14.0. The molecule has 1 aliphatic rings. The van der Waals surface area contributed by atoms with Crippen molar-refractivity contribution in [3.05, 3.63) is 28.7 Å². The van der Waals surface area contributed by atoms with Gasteiger partial charge in [-0.05, 0) is 31.2 Å². The Bertz CT molecular complexity index is 562. The van der Waals surface area contributed by atoms with E-state index in [1.807, 2.05) is 12.3 Å². The number of pyridine rings is 1. The fourth-order valence-corrected chi connectivity index (χ4v) is 2.86. The molecule has 0 aromatic carbocycles.